The number of hydrogen-bond donors (Lipinski definition) is 2. The normalized spacial score (nSPS) is 38.3. The molecular formula is C24H32N4O2. The lowest BCUT2D eigenvalue weighted by Gasteiger charge is -2.54. The molecule has 2 aromatic rings. The van der Waals surface area contributed by atoms with Crippen molar-refractivity contribution in [2.45, 2.75) is 58.5 Å². The summed E-state index contributed by atoms with van der Waals surface area (Å²) in [7, 11) is 0. The number of nitrogens with zero attached hydrogens (tertiary/aromatic N) is 4. The van der Waals surface area contributed by atoms with Crippen LogP contribution in [0.3, 0.4) is 0 Å². The zero-order chi connectivity index (χ0) is 21.1. The Hall–Kier alpha value is -2.05. The number of aliphatic hydroxyl groups excluding tert-OH is 2. The molecule has 0 aromatic carbocycles. The smallest absolute Gasteiger partial charge is 0.171 e. The molecule has 0 amide bonds. The third kappa shape index (κ3) is 2.80. The van der Waals surface area contributed by atoms with Crippen LogP contribution in [0.15, 0.2) is 36.9 Å². The van der Waals surface area contributed by atoms with Gasteiger partial charge in [-0.25, -0.2) is 9.67 Å². The molecule has 0 radical (unpaired) electrons. The van der Waals surface area contributed by atoms with E-state index >= 15 is 0 Å². The van der Waals surface area contributed by atoms with E-state index in [2.05, 4.69) is 36.6 Å². The van der Waals surface area contributed by atoms with Crippen molar-refractivity contribution in [2.24, 2.45) is 28.6 Å². The fraction of sp³-hybridized carbons (Fsp3) is 0.625. The van der Waals surface area contributed by atoms with Gasteiger partial charge in [-0.1, -0.05) is 26.0 Å². The van der Waals surface area contributed by atoms with Crippen LogP contribution >= 0.6 is 0 Å². The van der Waals surface area contributed by atoms with Crippen molar-refractivity contribution in [3.8, 4) is 5.82 Å². The lowest BCUT2D eigenvalue weighted by molar-refractivity contribution is -0.104. The highest BCUT2D eigenvalue weighted by molar-refractivity contribution is 5.30. The van der Waals surface area contributed by atoms with Crippen LogP contribution in [0.1, 0.15) is 50.8 Å². The molecule has 2 N–H and O–H groups in total. The van der Waals surface area contributed by atoms with E-state index in [0.29, 0.717) is 5.82 Å². The van der Waals surface area contributed by atoms with E-state index in [1.54, 1.807) is 23.3 Å². The third-order valence-electron chi connectivity index (χ3n) is 8.86. The van der Waals surface area contributed by atoms with E-state index in [9.17, 15) is 10.2 Å². The Kier molecular flexibility index (Phi) is 4.63. The van der Waals surface area contributed by atoms with Gasteiger partial charge in [-0.05, 0) is 72.7 Å². The monoisotopic (exact) mass is 408 g/mol. The van der Waals surface area contributed by atoms with Crippen molar-refractivity contribution in [2.75, 3.05) is 6.61 Å². The van der Waals surface area contributed by atoms with Crippen molar-refractivity contribution < 1.29 is 10.2 Å². The van der Waals surface area contributed by atoms with Crippen LogP contribution in [0, 0.1) is 28.6 Å². The van der Waals surface area contributed by atoms with E-state index in [-0.39, 0.29) is 41.3 Å². The minimum atomic E-state index is -0.348. The minimum Gasteiger partial charge on any atom is -0.396 e. The predicted octanol–water partition coefficient (Wildman–Crippen LogP) is 3.12. The van der Waals surface area contributed by atoms with Crippen molar-refractivity contribution in [1.29, 1.82) is 0 Å². The first-order valence-corrected chi connectivity index (χ1v) is 11.2. The molecular weight excluding hydrogens is 376 g/mol. The van der Waals surface area contributed by atoms with Gasteiger partial charge in [0.15, 0.2) is 5.82 Å². The van der Waals surface area contributed by atoms with Crippen LogP contribution in [0.2, 0.25) is 0 Å². The Balaban J connectivity index is 1.47. The van der Waals surface area contributed by atoms with Crippen molar-refractivity contribution >= 4 is 0 Å². The first-order valence-electron chi connectivity index (χ1n) is 11.2. The molecule has 6 nitrogen and oxygen atoms in total. The summed E-state index contributed by atoms with van der Waals surface area (Å²) in [5.41, 5.74) is 3.44. The van der Waals surface area contributed by atoms with Gasteiger partial charge in [-0.15, -0.1) is 0 Å². The fourth-order valence-electron chi connectivity index (χ4n) is 6.75. The molecule has 30 heavy (non-hydrogen) atoms. The van der Waals surface area contributed by atoms with Crippen LogP contribution in [0.4, 0.5) is 0 Å². The highest BCUT2D eigenvalue weighted by atomic mass is 16.3. The number of fused-ring (bicyclic) bond motifs is 2. The fourth-order valence-corrected chi connectivity index (χ4v) is 6.75. The molecule has 3 aliphatic rings. The van der Waals surface area contributed by atoms with Gasteiger partial charge in [0.2, 0.25) is 0 Å². The standard InChI is InChI=1S/C24H32N4O2/c1-15-4-5-18-22(30)19(6-7-23(15,18)2)24(3)11-16-13-28(21-12-25-8-9-26-21)27-20(16)10-17(24)14-29/h8-9,12-13,17-19,22,29-30H,1,4-7,10-11,14H2,2-3H3/t17-,18+,19+,22+,23-,24+/m1/s1. The summed E-state index contributed by atoms with van der Waals surface area (Å²) in [4.78, 5) is 8.51. The van der Waals surface area contributed by atoms with Crippen LogP contribution in [-0.2, 0) is 12.8 Å². The maximum atomic E-state index is 11.5. The second-order valence-electron chi connectivity index (χ2n) is 10.2. The topological polar surface area (TPSA) is 84.1 Å². The summed E-state index contributed by atoms with van der Waals surface area (Å²) in [5.74, 6) is 1.24. The van der Waals surface area contributed by atoms with E-state index in [1.807, 2.05) is 0 Å². The molecule has 2 aromatic heterocycles. The Morgan fingerprint density at radius 2 is 2.07 bits per heavy atom. The zero-order valence-electron chi connectivity index (χ0n) is 18.0. The zero-order valence-corrected chi connectivity index (χ0v) is 18.0. The Morgan fingerprint density at radius 3 is 2.80 bits per heavy atom. The molecule has 0 bridgehead atoms. The maximum absolute atomic E-state index is 11.5. The molecule has 6 heteroatoms. The van der Waals surface area contributed by atoms with Gasteiger partial charge in [0, 0.05) is 25.2 Å². The second kappa shape index (κ2) is 6.99. The summed E-state index contributed by atoms with van der Waals surface area (Å²) >= 11 is 0. The number of hydrogen-bond acceptors (Lipinski definition) is 5. The summed E-state index contributed by atoms with van der Waals surface area (Å²) in [6, 6.07) is 0. The van der Waals surface area contributed by atoms with Gasteiger partial charge in [-0.3, -0.25) is 4.98 Å². The lowest BCUT2D eigenvalue weighted by Crippen LogP contribution is -2.53. The highest BCUT2D eigenvalue weighted by Crippen LogP contribution is 2.60. The Bertz CT molecular complexity index is 957. The van der Waals surface area contributed by atoms with Crippen LogP contribution < -0.4 is 0 Å². The van der Waals surface area contributed by atoms with E-state index < -0.39 is 0 Å². The highest BCUT2D eigenvalue weighted by Gasteiger charge is 2.56. The molecule has 2 fully saturated rings. The van der Waals surface area contributed by atoms with Gasteiger partial charge in [0.05, 0.1) is 18.0 Å². The third-order valence-corrected chi connectivity index (χ3v) is 8.86. The van der Waals surface area contributed by atoms with E-state index in [0.717, 1.165) is 44.2 Å². The Labute approximate surface area is 178 Å². The van der Waals surface area contributed by atoms with E-state index in [4.69, 9.17) is 5.10 Å². The summed E-state index contributed by atoms with van der Waals surface area (Å²) < 4.78 is 1.80. The average Bonchev–Trinajstić information content (AvgIpc) is 3.28. The lowest BCUT2D eigenvalue weighted by atomic mass is 9.52. The SMILES string of the molecule is C=C1CC[C@H]2[C@H](O)[C@@H]([C@@]3(C)Cc4cn(-c5cnccn5)nc4C[C@@H]3CO)CC[C@]12C. The first kappa shape index (κ1) is 19.9. The van der Waals surface area contributed by atoms with Crippen molar-refractivity contribution in [3.05, 3.63) is 48.2 Å². The van der Waals surface area contributed by atoms with Gasteiger partial charge in [0.1, 0.15) is 0 Å². The van der Waals surface area contributed by atoms with Gasteiger partial charge < -0.3 is 10.2 Å². The summed E-state index contributed by atoms with van der Waals surface area (Å²) in [6.45, 7) is 9.00. The molecule has 160 valence electrons. The molecule has 0 unspecified atom stereocenters. The van der Waals surface area contributed by atoms with Gasteiger partial charge >= 0.3 is 0 Å². The van der Waals surface area contributed by atoms with Crippen LogP contribution in [0.5, 0.6) is 0 Å². The number of aliphatic hydroxyl groups is 2. The molecule has 2 heterocycles. The summed E-state index contributed by atoms with van der Waals surface area (Å²) in [6.07, 6.45) is 12.4. The molecule has 6 atom stereocenters. The van der Waals surface area contributed by atoms with Crippen molar-refractivity contribution in [1.82, 2.24) is 19.7 Å². The van der Waals surface area contributed by atoms with Gasteiger partial charge in [0.25, 0.3) is 0 Å². The molecule has 0 saturated heterocycles. The molecule has 5 rings (SSSR count). The first-order chi connectivity index (χ1) is 14.4. The van der Waals surface area contributed by atoms with Crippen molar-refractivity contribution in [3.63, 3.8) is 0 Å². The molecule has 3 aliphatic carbocycles. The number of aromatic nitrogens is 4. The molecule has 0 aliphatic heterocycles. The maximum Gasteiger partial charge on any atom is 0.171 e. The largest absolute Gasteiger partial charge is 0.396 e. The number of rotatable bonds is 3. The summed E-state index contributed by atoms with van der Waals surface area (Å²) in [5, 5.41) is 26.6. The Morgan fingerprint density at radius 1 is 1.23 bits per heavy atom. The molecule has 2 saturated carbocycles. The van der Waals surface area contributed by atoms with Gasteiger partial charge in [-0.2, -0.15) is 5.10 Å². The quantitative estimate of drug-likeness (QED) is 0.763. The minimum absolute atomic E-state index is 0.0671. The number of allylic oxidation sites excluding steroid dienone is 1. The predicted molar refractivity (Wildman–Crippen MR) is 114 cm³/mol. The van der Waals surface area contributed by atoms with E-state index in [1.165, 1.54) is 11.1 Å². The van der Waals surface area contributed by atoms with Crippen LogP contribution in [-0.4, -0.2) is 42.7 Å². The average molecular weight is 409 g/mol. The molecule has 0 spiro atoms. The second-order valence-corrected chi connectivity index (χ2v) is 10.2. The van der Waals surface area contributed by atoms with Crippen LogP contribution in [0.25, 0.3) is 5.82 Å².